The first kappa shape index (κ1) is 23.4. The average molecular weight is 469 g/mol. The fourth-order valence-corrected chi connectivity index (χ4v) is 4.48. The molecular weight excluding hydrogens is 436 g/mol. The van der Waals surface area contributed by atoms with Gasteiger partial charge in [-0.2, -0.15) is 0 Å². The van der Waals surface area contributed by atoms with Gasteiger partial charge in [-0.25, -0.2) is 0 Å². The van der Waals surface area contributed by atoms with Crippen LogP contribution in [0.4, 0.5) is 28.4 Å². The Hall–Kier alpha value is -4.30. The first-order valence-corrected chi connectivity index (χ1v) is 12.5. The lowest BCUT2D eigenvalue weighted by molar-refractivity contribution is 0.590. The first-order chi connectivity index (χ1) is 17.5. The van der Waals surface area contributed by atoms with Crippen LogP contribution in [0.3, 0.4) is 0 Å². The fourth-order valence-electron chi connectivity index (χ4n) is 4.48. The van der Waals surface area contributed by atoms with Gasteiger partial charge in [0, 0.05) is 28.3 Å². The molecule has 0 aliphatic heterocycles. The summed E-state index contributed by atoms with van der Waals surface area (Å²) in [5.41, 5.74) is 9.34. The molecule has 5 aromatic rings. The third kappa shape index (κ3) is 5.18. The maximum absolute atomic E-state index is 3.60. The minimum absolute atomic E-state index is 0.140. The molecule has 0 fully saturated rings. The molecule has 0 atom stereocenters. The van der Waals surface area contributed by atoms with Crippen molar-refractivity contribution in [3.05, 3.63) is 139 Å². The molecule has 0 radical (unpaired) electrons. The van der Waals surface area contributed by atoms with Gasteiger partial charge in [-0.1, -0.05) is 106 Å². The van der Waals surface area contributed by atoms with Crippen LogP contribution in [-0.4, -0.2) is 0 Å². The van der Waals surface area contributed by atoms with Crippen LogP contribution >= 0.6 is 0 Å². The number of hydrogen-bond acceptors (Lipinski definition) is 2. The van der Waals surface area contributed by atoms with Crippen molar-refractivity contribution >= 4 is 28.4 Å². The Morgan fingerprint density at radius 1 is 0.528 bits per heavy atom. The third-order valence-electron chi connectivity index (χ3n) is 6.39. The van der Waals surface area contributed by atoms with Gasteiger partial charge in [-0.05, 0) is 65.1 Å². The van der Waals surface area contributed by atoms with Crippen molar-refractivity contribution < 1.29 is 0 Å². The van der Waals surface area contributed by atoms with Gasteiger partial charge < -0.3 is 10.2 Å². The van der Waals surface area contributed by atoms with E-state index in [1.54, 1.807) is 0 Å². The Labute approximate surface area is 214 Å². The molecule has 0 aliphatic rings. The largest absolute Gasteiger partial charge is 0.355 e. The maximum Gasteiger partial charge on any atom is 0.0540 e. The highest BCUT2D eigenvalue weighted by Gasteiger charge is 2.17. The van der Waals surface area contributed by atoms with Gasteiger partial charge in [0.15, 0.2) is 0 Å². The quantitative estimate of drug-likeness (QED) is 0.267. The van der Waals surface area contributed by atoms with Crippen LogP contribution in [0.2, 0.25) is 0 Å². The average Bonchev–Trinajstić information content (AvgIpc) is 2.90. The third-order valence-corrected chi connectivity index (χ3v) is 6.39. The Balaban J connectivity index is 1.55. The Bertz CT molecular complexity index is 1420. The van der Waals surface area contributed by atoms with Gasteiger partial charge in [0.1, 0.15) is 0 Å². The minimum Gasteiger partial charge on any atom is -0.355 e. The molecule has 5 rings (SSSR count). The molecule has 0 spiro atoms. The zero-order valence-corrected chi connectivity index (χ0v) is 21.1. The molecule has 0 unspecified atom stereocenters. The summed E-state index contributed by atoms with van der Waals surface area (Å²) in [6, 6.07) is 47.1. The lowest BCUT2D eigenvalue weighted by Gasteiger charge is -2.28. The van der Waals surface area contributed by atoms with Gasteiger partial charge in [0.2, 0.25) is 0 Å². The number of rotatable bonds is 6. The van der Waals surface area contributed by atoms with Crippen molar-refractivity contribution in [2.24, 2.45) is 0 Å². The number of anilines is 5. The summed E-state index contributed by atoms with van der Waals surface area (Å²) in [7, 11) is 0. The van der Waals surface area contributed by atoms with Gasteiger partial charge in [-0.3, -0.25) is 0 Å². The second kappa shape index (κ2) is 10.1. The molecule has 0 amide bonds. The smallest absolute Gasteiger partial charge is 0.0540 e. The van der Waals surface area contributed by atoms with Crippen LogP contribution < -0.4 is 10.2 Å². The van der Waals surface area contributed by atoms with Crippen LogP contribution in [0.5, 0.6) is 0 Å². The summed E-state index contributed by atoms with van der Waals surface area (Å²) in [6.07, 6.45) is 0. The van der Waals surface area contributed by atoms with E-state index in [4.69, 9.17) is 0 Å². The predicted molar refractivity (Wildman–Crippen MR) is 155 cm³/mol. The van der Waals surface area contributed by atoms with E-state index in [1.165, 1.54) is 16.7 Å². The summed E-state index contributed by atoms with van der Waals surface area (Å²) in [5, 5.41) is 3.60. The maximum atomic E-state index is 3.60. The highest BCUT2D eigenvalue weighted by atomic mass is 15.1. The molecule has 0 aliphatic carbocycles. The lowest BCUT2D eigenvalue weighted by atomic mass is 9.87. The highest BCUT2D eigenvalue weighted by Crippen LogP contribution is 2.41. The molecule has 0 saturated heterocycles. The predicted octanol–water partition coefficient (Wildman–Crippen LogP) is 9.86. The molecule has 0 aromatic heterocycles. The van der Waals surface area contributed by atoms with E-state index >= 15 is 0 Å². The second-order valence-corrected chi connectivity index (χ2v) is 10.1. The molecule has 0 bridgehead atoms. The van der Waals surface area contributed by atoms with E-state index in [0.29, 0.717) is 0 Å². The monoisotopic (exact) mass is 468 g/mol. The topological polar surface area (TPSA) is 15.3 Å². The van der Waals surface area contributed by atoms with E-state index in [9.17, 15) is 0 Å². The summed E-state index contributed by atoms with van der Waals surface area (Å²) in [5.74, 6) is 0. The van der Waals surface area contributed by atoms with E-state index in [1.807, 2.05) is 0 Å². The molecule has 1 N–H and O–H groups in total. The first-order valence-electron chi connectivity index (χ1n) is 12.5. The van der Waals surface area contributed by atoms with Crippen LogP contribution in [0.1, 0.15) is 26.3 Å². The van der Waals surface area contributed by atoms with Crippen LogP contribution in [-0.2, 0) is 5.41 Å². The molecule has 178 valence electrons. The molecule has 2 heteroatoms. The van der Waals surface area contributed by atoms with E-state index < -0.39 is 0 Å². The number of nitrogens with one attached hydrogen (secondary N) is 1. The standard InChI is InChI=1S/C34H32N2/c1-34(2,3)27-21-23-28(24-22-27)35-29-15-12-18-31(25-29)36(30-16-8-5-9-17-30)33-20-11-10-19-32(33)26-13-6-4-7-14-26/h4-25,35H,1-3H3. The Kier molecular flexibility index (Phi) is 6.60. The van der Waals surface area contributed by atoms with Crippen molar-refractivity contribution in [2.45, 2.75) is 26.2 Å². The highest BCUT2D eigenvalue weighted by molar-refractivity contribution is 5.88. The number of nitrogens with zero attached hydrogens (tertiary/aromatic N) is 1. The molecule has 36 heavy (non-hydrogen) atoms. The van der Waals surface area contributed by atoms with Crippen LogP contribution in [0.25, 0.3) is 11.1 Å². The van der Waals surface area contributed by atoms with E-state index in [-0.39, 0.29) is 5.41 Å². The van der Waals surface area contributed by atoms with Crippen molar-refractivity contribution in [1.29, 1.82) is 0 Å². The molecule has 2 nitrogen and oxygen atoms in total. The number of para-hydroxylation sites is 2. The molecular formula is C34H32N2. The summed E-state index contributed by atoms with van der Waals surface area (Å²) < 4.78 is 0. The zero-order chi connectivity index (χ0) is 25.0. The molecule has 5 aromatic carbocycles. The normalized spacial score (nSPS) is 11.2. The fraction of sp³-hybridized carbons (Fsp3) is 0.118. The van der Waals surface area contributed by atoms with Crippen LogP contribution in [0, 0.1) is 0 Å². The van der Waals surface area contributed by atoms with Crippen LogP contribution in [0.15, 0.2) is 133 Å². The van der Waals surface area contributed by atoms with Crippen molar-refractivity contribution in [3.63, 3.8) is 0 Å². The van der Waals surface area contributed by atoms with Gasteiger partial charge in [0.05, 0.1) is 5.69 Å². The van der Waals surface area contributed by atoms with E-state index in [0.717, 1.165) is 28.4 Å². The number of benzene rings is 5. The van der Waals surface area contributed by atoms with Crippen molar-refractivity contribution in [2.75, 3.05) is 10.2 Å². The lowest BCUT2D eigenvalue weighted by Crippen LogP contribution is -2.11. The van der Waals surface area contributed by atoms with E-state index in [2.05, 4.69) is 164 Å². The molecule has 0 heterocycles. The van der Waals surface area contributed by atoms with Gasteiger partial charge in [-0.15, -0.1) is 0 Å². The van der Waals surface area contributed by atoms with Crippen molar-refractivity contribution in [1.82, 2.24) is 0 Å². The Morgan fingerprint density at radius 2 is 1.14 bits per heavy atom. The number of hydrogen-bond donors (Lipinski definition) is 1. The minimum atomic E-state index is 0.140. The summed E-state index contributed by atoms with van der Waals surface area (Å²) in [6.45, 7) is 6.72. The zero-order valence-electron chi connectivity index (χ0n) is 21.1. The van der Waals surface area contributed by atoms with Crippen molar-refractivity contribution in [3.8, 4) is 11.1 Å². The SMILES string of the molecule is CC(C)(C)c1ccc(Nc2cccc(N(c3ccccc3)c3ccccc3-c3ccccc3)c2)cc1. The Morgan fingerprint density at radius 3 is 1.83 bits per heavy atom. The molecule has 0 saturated carbocycles. The second-order valence-electron chi connectivity index (χ2n) is 10.1. The van der Waals surface area contributed by atoms with Gasteiger partial charge >= 0.3 is 0 Å². The summed E-state index contributed by atoms with van der Waals surface area (Å²) >= 11 is 0. The van der Waals surface area contributed by atoms with Gasteiger partial charge in [0.25, 0.3) is 0 Å². The summed E-state index contributed by atoms with van der Waals surface area (Å²) in [4.78, 5) is 2.33.